The molecule has 0 amide bonds. The van der Waals surface area contributed by atoms with Crippen LogP contribution < -0.4 is 103 Å². The number of aryl methyl sites for hydroxylation is 2. The van der Waals surface area contributed by atoms with E-state index in [2.05, 4.69) is 59.7 Å². The smallest absolute Gasteiger partial charge is 0.453 e. The molecule has 0 fully saturated rings. The molecule has 0 atom stereocenters. The van der Waals surface area contributed by atoms with E-state index in [1.54, 1.807) is 0 Å². The fourth-order valence-electron chi connectivity index (χ4n) is 4.87. The topological polar surface area (TPSA) is 54.0 Å². The fraction of sp³-hybridized carbons (Fsp3) is 0.390. The third kappa shape index (κ3) is 19.1. The van der Waals surface area contributed by atoms with Gasteiger partial charge in [0.1, 0.15) is 5.58 Å². The zero-order chi connectivity index (χ0) is 34.5. The molecule has 0 unspecified atom stereocenters. The second-order valence-corrected chi connectivity index (χ2v) is 11.5. The van der Waals surface area contributed by atoms with Gasteiger partial charge >= 0.3 is 103 Å². The summed E-state index contributed by atoms with van der Waals surface area (Å²) in [6.07, 6.45) is 7.63. The first kappa shape index (κ1) is 49.5. The van der Waals surface area contributed by atoms with E-state index in [0.29, 0.717) is 11.7 Å². The van der Waals surface area contributed by atoms with E-state index < -0.39 is 6.43 Å². The first-order valence-electron chi connectivity index (χ1n) is 16.3. The Kier molecular flexibility index (Phi) is 29.9. The average molecular weight is 706 g/mol. The SMILES string of the molecule is CCCC(C)CCC.CCc1ccc(C#N)cc1.F[C-](F)c1cc[c-]cc1.[CH2-]CC(C[CH2-])Cc1ccc2c(C)c(C(C)=O)oc2c1.[K+].[K+]. The van der Waals surface area contributed by atoms with Crippen molar-refractivity contribution in [2.45, 2.75) is 92.9 Å². The molecular weight excluding hydrogens is 655 g/mol. The Labute approximate surface area is 374 Å². The van der Waals surface area contributed by atoms with Crippen molar-refractivity contribution in [1.82, 2.24) is 0 Å². The molecule has 0 N–H and O–H groups in total. The van der Waals surface area contributed by atoms with E-state index in [9.17, 15) is 13.6 Å². The summed E-state index contributed by atoms with van der Waals surface area (Å²) >= 11 is 0. The quantitative estimate of drug-likeness (QED) is 0.107. The molecule has 3 nitrogen and oxygen atoms in total. The predicted molar refractivity (Wildman–Crippen MR) is 187 cm³/mol. The van der Waals surface area contributed by atoms with Crippen LogP contribution in [0.25, 0.3) is 11.0 Å². The molecule has 48 heavy (non-hydrogen) atoms. The molecule has 250 valence electrons. The van der Waals surface area contributed by atoms with Gasteiger partial charge in [0.2, 0.25) is 0 Å². The third-order valence-corrected chi connectivity index (χ3v) is 7.65. The van der Waals surface area contributed by atoms with Gasteiger partial charge in [0.25, 0.3) is 0 Å². The number of fused-ring (bicyclic) bond motifs is 1. The maximum absolute atomic E-state index is 11.7. The van der Waals surface area contributed by atoms with E-state index in [1.807, 2.05) is 43.3 Å². The second-order valence-electron chi connectivity index (χ2n) is 11.5. The first-order chi connectivity index (χ1) is 22.0. The Hall–Kier alpha value is -0.637. The van der Waals surface area contributed by atoms with Gasteiger partial charge < -0.3 is 18.3 Å². The molecule has 0 aliphatic carbocycles. The fourth-order valence-corrected chi connectivity index (χ4v) is 4.87. The van der Waals surface area contributed by atoms with Crippen LogP contribution in [-0.2, 0) is 12.8 Å². The summed E-state index contributed by atoms with van der Waals surface area (Å²) < 4.78 is 29.0. The first-order valence-corrected chi connectivity index (χ1v) is 16.3. The summed E-state index contributed by atoms with van der Waals surface area (Å²) in [5, 5.41) is 9.47. The van der Waals surface area contributed by atoms with Gasteiger partial charge in [0.15, 0.2) is 18.0 Å². The van der Waals surface area contributed by atoms with E-state index in [-0.39, 0.29) is 114 Å². The number of benzene rings is 3. The van der Waals surface area contributed by atoms with Gasteiger partial charge in [0, 0.05) is 17.9 Å². The van der Waals surface area contributed by atoms with Crippen LogP contribution in [0.5, 0.6) is 0 Å². The number of furan rings is 1. The molecule has 0 radical (unpaired) electrons. The molecular formula is C41H51F2K2NO2-2. The molecule has 0 aliphatic heterocycles. The van der Waals surface area contributed by atoms with Crippen molar-refractivity contribution in [1.29, 1.82) is 5.26 Å². The standard InChI is InChI=1S/C17H20O2.C9H9N.C8H18.C7H4F2.2K/c1-5-13(6-2)9-14-7-8-15-11(3)17(12(4)18)19-16(15)10-14;1-2-8-3-5-9(7-10)6-4-8;1-4-6-8(3)7-5-2;8-7(9)6-4-2-1-3-5-6;;/h7-8,10,13H,1-2,5-6,9H2,3-4H3;3-6H,2H2,1H3;8H,4-7H2,1-3H3;2-5H;;/q-2;;;-2;2*+1. The van der Waals surface area contributed by atoms with Gasteiger partial charge in [-0.05, 0) is 55.0 Å². The number of rotatable bonds is 11. The van der Waals surface area contributed by atoms with E-state index in [4.69, 9.17) is 9.68 Å². The summed E-state index contributed by atoms with van der Waals surface area (Å²) in [4.78, 5) is 11.5. The number of nitrogens with zero attached hydrogens (tertiary/aromatic N) is 1. The van der Waals surface area contributed by atoms with Crippen molar-refractivity contribution in [2.24, 2.45) is 11.8 Å². The number of hydrogen-bond donors (Lipinski definition) is 0. The Bertz CT molecular complexity index is 1440. The molecule has 0 spiro atoms. The van der Waals surface area contributed by atoms with Crippen LogP contribution in [0.15, 0.2) is 71.1 Å². The normalized spacial score (nSPS) is 9.81. The van der Waals surface area contributed by atoms with E-state index in [0.717, 1.165) is 53.7 Å². The number of Topliss-reactive ketones (excluding diaryl/α,β-unsaturated/α-hetero) is 1. The van der Waals surface area contributed by atoms with Crippen molar-refractivity contribution in [3.63, 3.8) is 0 Å². The molecule has 0 aliphatic rings. The predicted octanol–water partition coefficient (Wildman–Crippen LogP) is 6.17. The Morgan fingerprint density at radius 2 is 1.48 bits per heavy atom. The number of nitriles is 1. The number of hydrogen-bond acceptors (Lipinski definition) is 3. The van der Waals surface area contributed by atoms with Crippen molar-refractivity contribution in [3.05, 3.63) is 127 Å². The van der Waals surface area contributed by atoms with Crippen LogP contribution >= 0.6 is 0 Å². The monoisotopic (exact) mass is 705 g/mol. The summed E-state index contributed by atoms with van der Waals surface area (Å²) in [5.74, 6) is 1.91. The number of carbonyl (C=O) groups excluding carboxylic acids is 1. The Morgan fingerprint density at radius 3 is 1.90 bits per heavy atom. The van der Waals surface area contributed by atoms with E-state index in [1.165, 1.54) is 68.0 Å². The van der Waals surface area contributed by atoms with Crippen LogP contribution in [0.1, 0.15) is 112 Å². The summed E-state index contributed by atoms with van der Waals surface area (Å²) in [5.41, 5.74) is 4.92. The molecule has 3 aromatic carbocycles. The molecule has 1 heterocycles. The van der Waals surface area contributed by atoms with Crippen molar-refractivity contribution in [3.8, 4) is 6.07 Å². The molecule has 1 aromatic heterocycles. The number of halogens is 2. The summed E-state index contributed by atoms with van der Waals surface area (Å²) in [7, 11) is 0. The van der Waals surface area contributed by atoms with Gasteiger partial charge in [-0.3, -0.25) is 13.6 Å². The third-order valence-electron chi connectivity index (χ3n) is 7.65. The minimum absolute atomic E-state index is 0. The van der Waals surface area contributed by atoms with Crippen LogP contribution in [0, 0.1) is 56.4 Å². The van der Waals surface area contributed by atoms with Crippen LogP contribution in [0.3, 0.4) is 0 Å². The average Bonchev–Trinajstić information content (AvgIpc) is 3.40. The van der Waals surface area contributed by atoms with Crippen molar-refractivity contribution < 1.29 is 121 Å². The zero-order valence-corrected chi connectivity index (χ0v) is 36.8. The maximum Gasteiger partial charge on any atom is 1.00 e. The van der Waals surface area contributed by atoms with Crippen LogP contribution in [0.4, 0.5) is 8.78 Å². The molecule has 7 heteroatoms. The minimum Gasteiger partial charge on any atom is -0.453 e. The van der Waals surface area contributed by atoms with Gasteiger partial charge in [-0.1, -0.05) is 83.6 Å². The molecule has 0 saturated heterocycles. The van der Waals surface area contributed by atoms with Gasteiger partial charge in [0.05, 0.1) is 11.6 Å². The summed E-state index contributed by atoms with van der Waals surface area (Å²) in [6, 6.07) is 24.1. The van der Waals surface area contributed by atoms with Crippen molar-refractivity contribution >= 4 is 16.8 Å². The Balaban J connectivity index is 0. The van der Waals surface area contributed by atoms with Gasteiger partial charge in [-0.25, -0.2) is 0 Å². The van der Waals surface area contributed by atoms with Gasteiger partial charge in [-0.2, -0.15) is 48.4 Å². The largest absolute Gasteiger partial charge is 1.00 e. The molecule has 0 saturated carbocycles. The van der Waals surface area contributed by atoms with Crippen LogP contribution in [-0.4, -0.2) is 5.78 Å². The number of ketones is 1. The van der Waals surface area contributed by atoms with Gasteiger partial charge in [-0.15, -0.1) is 5.56 Å². The minimum atomic E-state index is -1.65. The zero-order valence-electron chi connectivity index (χ0n) is 30.6. The Morgan fingerprint density at radius 1 is 0.938 bits per heavy atom. The second kappa shape index (κ2) is 29.0. The summed E-state index contributed by atoms with van der Waals surface area (Å²) in [6.45, 7) is 20.3. The van der Waals surface area contributed by atoms with E-state index >= 15 is 0 Å². The van der Waals surface area contributed by atoms with Crippen LogP contribution in [0.2, 0.25) is 0 Å². The number of carbonyl (C=O) groups is 1. The van der Waals surface area contributed by atoms with Crippen molar-refractivity contribution in [2.75, 3.05) is 0 Å². The molecule has 0 bridgehead atoms. The maximum atomic E-state index is 11.7. The molecule has 4 aromatic rings. The molecule has 4 rings (SSSR count).